The largest absolute Gasteiger partial charge is 0.309 e. The highest BCUT2D eigenvalue weighted by Crippen LogP contribution is 2.48. The predicted molar refractivity (Wildman–Crippen MR) is 203 cm³/mol. The molecular weight excluding hydrogens is 589 g/mol. The van der Waals surface area contributed by atoms with Crippen molar-refractivity contribution in [1.29, 1.82) is 0 Å². The Kier molecular flexibility index (Phi) is 5.78. The van der Waals surface area contributed by atoms with Gasteiger partial charge in [0.2, 0.25) is 0 Å². The van der Waals surface area contributed by atoms with Crippen molar-refractivity contribution in [2.75, 3.05) is 4.90 Å². The third-order valence-corrected chi connectivity index (χ3v) is 10.7. The summed E-state index contributed by atoms with van der Waals surface area (Å²) in [5.41, 5.74) is 7.04. The Morgan fingerprint density at radius 3 is 1.96 bits per heavy atom. The van der Waals surface area contributed by atoms with Crippen molar-refractivity contribution in [3.8, 4) is 5.69 Å². The Morgan fingerprint density at radius 1 is 0.426 bits per heavy atom. The highest BCUT2D eigenvalue weighted by Gasteiger charge is 2.23. The van der Waals surface area contributed by atoms with Gasteiger partial charge in [-0.2, -0.15) is 0 Å². The summed E-state index contributed by atoms with van der Waals surface area (Å²) < 4.78 is 5.07. The van der Waals surface area contributed by atoms with Gasteiger partial charge in [-0.25, -0.2) is 0 Å². The lowest BCUT2D eigenvalue weighted by atomic mass is 10.0. The number of hydrogen-bond donors (Lipinski definition) is 0. The second kappa shape index (κ2) is 10.3. The molecule has 47 heavy (non-hydrogen) atoms. The number of anilines is 3. The Labute approximate surface area is 276 Å². The third kappa shape index (κ3) is 3.97. The lowest BCUT2D eigenvalue weighted by molar-refractivity contribution is 1.18. The maximum atomic E-state index is 2.49. The van der Waals surface area contributed by atoms with E-state index in [2.05, 4.69) is 179 Å². The molecular formula is C44H28N2S. The van der Waals surface area contributed by atoms with Crippen molar-refractivity contribution >= 4 is 91.9 Å². The first-order chi connectivity index (χ1) is 23.3. The van der Waals surface area contributed by atoms with E-state index in [0.717, 1.165) is 22.7 Å². The van der Waals surface area contributed by atoms with Gasteiger partial charge in [0.1, 0.15) is 0 Å². The van der Waals surface area contributed by atoms with Crippen LogP contribution in [0.1, 0.15) is 0 Å². The summed E-state index contributed by atoms with van der Waals surface area (Å²) >= 11 is 1.86. The van der Waals surface area contributed by atoms with Gasteiger partial charge in [0.05, 0.1) is 22.4 Å². The summed E-state index contributed by atoms with van der Waals surface area (Å²) in [7, 11) is 0. The van der Waals surface area contributed by atoms with Crippen molar-refractivity contribution in [1.82, 2.24) is 4.57 Å². The van der Waals surface area contributed by atoms with Crippen LogP contribution >= 0.6 is 11.3 Å². The van der Waals surface area contributed by atoms with Crippen LogP contribution in [0.15, 0.2) is 170 Å². The summed E-state index contributed by atoms with van der Waals surface area (Å²) in [5, 5.41) is 10.0. The van der Waals surface area contributed by atoms with E-state index < -0.39 is 0 Å². The van der Waals surface area contributed by atoms with Crippen molar-refractivity contribution in [3.05, 3.63) is 170 Å². The number of rotatable bonds is 4. The Bertz CT molecular complexity index is 2800. The highest BCUT2D eigenvalue weighted by molar-refractivity contribution is 7.25. The third-order valence-electron chi connectivity index (χ3n) is 9.54. The number of para-hydroxylation sites is 1. The average molecular weight is 617 g/mol. The molecule has 0 spiro atoms. The fourth-order valence-electron chi connectivity index (χ4n) is 7.50. The van der Waals surface area contributed by atoms with Crippen LogP contribution in [0, 0.1) is 0 Å². The molecule has 0 N–H and O–H groups in total. The summed E-state index contributed by atoms with van der Waals surface area (Å²) in [4.78, 5) is 2.49. The molecule has 0 bridgehead atoms. The molecule has 0 radical (unpaired) electrons. The number of aromatic nitrogens is 1. The molecule has 2 heterocycles. The zero-order valence-corrected chi connectivity index (χ0v) is 26.3. The van der Waals surface area contributed by atoms with Gasteiger partial charge >= 0.3 is 0 Å². The fourth-order valence-corrected chi connectivity index (χ4v) is 8.59. The molecule has 8 aromatic carbocycles. The van der Waals surface area contributed by atoms with Crippen LogP contribution < -0.4 is 4.90 Å². The van der Waals surface area contributed by atoms with Crippen LogP contribution in [-0.2, 0) is 0 Å². The van der Waals surface area contributed by atoms with E-state index in [1.54, 1.807) is 0 Å². The molecule has 0 saturated heterocycles. The SMILES string of the molecule is c1ccc(-n2c3cccc(N(c4ccc5sc6ccccc6c5c4)c4cccc5ccccc45)c3c3ccc4ccccc4c32)cc1. The number of nitrogens with zero attached hydrogens (tertiary/aromatic N) is 2. The lowest BCUT2D eigenvalue weighted by Gasteiger charge is -2.28. The molecule has 220 valence electrons. The van der Waals surface area contributed by atoms with Crippen LogP contribution in [0.5, 0.6) is 0 Å². The molecule has 0 fully saturated rings. The quantitative estimate of drug-likeness (QED) is 0.191. The minimum atomic E-state index is 1.14. The van der Waals surface area contributed by atoms with Gasteiger partial charge < -0.3 is 9.47 Å². The predicted octanol–water partition coefficient (Wildman–Crippen LogP) is 12.9. The van der Waals surface area contributed by atoms with Crippen molar-refractivity contribution in [2.45, 2.75) is 0 Å². The molecule has 3 heteroatoms. The second-order valence-electron chi connectivity index (χ2n) is 12.1. The Morgan fingerprint density at radius 2 is 1.09 bits per heavy atom. The van der Waals surface area contributed by atoms with E-state index in [0.29, 0.717) is 0 Å². The number of hydrogen-bond acceptors (Lipinski definition) is 2. The monoisotopic (exact) mass is 616 g/mol. The normalized spacial score (nSPS) is 11.8. The summed E-state index contributed by atoms with van der Waals surface area (Å²) in [5.74, 6) is 0. The zero-order chi connectivity index (χ0) is 30.9. The van der Waals surface area contributed by atoms with Gasteiger partial charge in [0.25, 0.3) is 0 Å². The van der Waals surface area contributed by atoms with E-state index in [9.17, 15) is 0 Å². The zero-order valence-electron chi connectivity index (χ0n) is 25.5. The molecule has 0 aliphatic carbocycles. The van der Waals surface area contributed by atoms with Crippen molar-refractivity contribution in [2.24, 2.45) is 0 Å². The van der Waals surface area contributed by atoms with Crippen LogP contribution in [0.2, 0.25) is 0 Å². The van der Waals surface area contributed by atoms with Crippen molar-refractivity contribution < 1.29 is 0 Å². The van der Waals surface area contributed by atoms with E-state index in [1.165, 1.54) is 63.5 Å². The highest BCUT2D eigenvalue weighted by atomic mass is 32.1. The minimum Gasteiger partial charge on any atom is -0.309 e. The first kappa shape index (κ1) is 26.3. The maximum Gasteiger partial charge on any atom is 0.0620 e. The van der Waals surface area contributed by atoms with Crippen LogP contribution in [0.4, 0.5) is 17.1 Å². The number of fused-ring (bicyclic) bond motifs is 9. The molecule has 0 amide bonds. The van der Waals surface area contributed by atoms with E-state index in [1.807, 2.05) is 11.3 Å². The molecule has 2 aromatic heterocycles. The molecule has 10 aromatic rings. The van der Waals surface area contributed by atoms with E-state index in [4.69, 9.17) is 0 Å². The van der Waals surface area contributed by atoms with Crippen LogP contribution in [0.3, 0.4) is 0 Å². The number of thiophene rings is 1. The molecule has 0 aliphatic rings. The van der Waals surface area contributed by atoms with Gasteiger partial charge in [-0.15, -0.1) is 11.3 Å². The van der Waals surface area contributed by atoms with Crippen LogP contribution in [-0.4, -0.2) is 4.57 Å². The van der Waals surface area contributed by atoms with Gasteiger partial charge in [-0.05, 0) is 65.4 Å². The first-order valence-corrected chi connectivity index (χ1v) is 16.8. The minimum absolute atomic E-state index is 1.14. The van der Waals surface area contributed by atoms with Gasteiger partial charge in [0.15, 0.2) is 0 Å². The standard InChI is InChI=1S/C44H28N2S/c1-2-15-31(16-3-1)46-40-22-11-21-39(43(40)36-26-24-30-13-5-7-18-34(30)44(36)46)45(38-20-10-14-29-12-4-6-17-33(29)38)32-25-27-42-37(28-32)35-19-8-9-23-41(35)47-42/h1-28H. The molecule has 0 aliphatic heterocycles. The fraction of sp³-hybridized carbons (Fsp3) is 0. The number of benzene rings is 8. The summed E-state index contributed by atoms with van der Waals surface area (Å²) in [6, 6.07) is 62.0. The maximum absolute atomic E-state index is 2.49. The molecule has 0 atom stereocenters. The van der Waals surface area contributed by atoms with Gasteiger partial charge in [0, 0.05) is 53.1 Å². The first-order valence-electron chi connectivity index (χ1n) is 16.0. The van der Waals surface area contributed by atoms with E-state index in [-0.39, 0.29) is 0 Å². The summed E-state index contributed by atoms with van der Waals surface area (Å²) in [6.45, 7) is 0. The molecule has 0 unspecified atom stereocenters. The summed E-state index contributed by atoms with van der Waals surface area (Å²) in [6.07, 6.45) is 0. The van der Waals surface area contributed by atoms with Crippen molar-refractivity contribution in [3.63, 3.8) is 0 Å². The topological polar surface area (TPSA) is 8.17 Å². The molecule has 2 nitrogen and oxygen atoms in total. The van der Waals surface area contributed by atoms with Gasteiger partial charge in [-0.1, -0.05) is 115 Å². The Balaban J connectivity index is 1.36. The van der Waals surface area contributed by atoms with Gasteiger partial charge in [-0.3, -0.25) is 0 Å². The van der Waals surface area contributed by atoms with Crippen LogP contribution in [0.25, 0.3) is 69.2 Å². The average Bonchev–Trinajstić information content (AvgIpc) is 3.68. The molecule has 0 saturated carbocycles. The Hall–Kier alpha value is -5.90. The lowest BCUT2D eigenvalue weighted by Crippen LogP contribution is -2.11. The second-order valence-corrected chi connectivity index (χ2v) is 13.2. The van der Waals surface area contributed by atoms with E-state index >= 15 is 0 Å². The smallest absolute Gasteiger partial charge is 0.0620 e. The molecule has 10 rings (SSSR count).